The summed E-state index contributed by atoms with van der Waals surface area (Å²) in [6, 6.07) is 21.4. The molecule has 0 amide bonds. The van der Waals surface area contributed by atoms with Crippen LogP contribution in [0.1, 0.15) is 5.56 Å². The van der Waals surface area contributed by atoms with E-state index in [0.29, 0.717) is 27.8 Å². The number of fused-ring (bicyclic) bond motifs is 2. The highest BCUT2D eigenvalue weighted by molar-refractivity contribution is 5.93. The Balaban J connectivity index is 1.82. The van der Waals surface area contributed by atoms with E-state index in [-0.39, 0.29) is 5.56 Å². The van der Waals surface area contributed by atoms with Gasteiger partial charge < -0.3 is 4.98 Å². The molecule has 6 heteroatoms. The van der Waals surface area contributed by atoms with Crippen LogP contribution in [0.25, 0.3) is 44.3 Å². The lowest BCUT2D eigenvalue weighted by atomic mass is 9.96. The fourth-order valence-corrected chi connectivity index (χ4v) is 3.53. The van der Waals surface area contributed by atoms with Gasteiger partial charge in [-0.05, 0) is 48.0 Å². The van der Waals surface area contributed by atoms with Crippen LogP contribution in [0.5, 0.6) is 0 Å². The fourth-order valence-electron chi connectivity index (χ4n) is 3.53. The minimum Gasteiger partial charge on any atom is -0.307 e. The summed E-state index contributed by atoms with van der Waals surface area (Å²) < 4.78 is 13.7. The van der Waals surface area contributed by atoms with Crippen molar-refractivity contribution in [1.29, 1.82) is 5.26 Å². The Kier molecular flexibility index (Phi) is 4.08. The Morgan fingerprint density at radius 2 is 1.83 bits per heavy atom. The standard InChI is InChI=1S/C24H13FN4O/c25-19-10-18-9-15(4-6-21(18)27-13-19)20-11-17-5-7-22(30)28-24(17)29-23(20)16-3-1-2-14(8-16)12-26/h1-11,13H,(H,28,29,30). The quantitative estimate of drug-likeness (QED) is 0.467. The van der Waals surface area contributed by atoms with Crippen molar-refractivity contribution in [3.05, 3.63) is 94.7 Å². The van der Waals surface area contributed by atoms with E-state index in [1.165, 1.54) is 18.3 Å². The molecule has 0 aliphatic rings. The molecular formula is C24H13FN4O. The normalized spacial score (nSPS) is 10.9. The zero-order chi connectivity index (χ0) is 20.7. The number of nitrogens with zero attached hydrogens (tertiary/aromatic N) is 3. The van der Waals surface area contributed by atoms with Crippen LogP contribution in [0.2, 0.25) is 0 Å². The second-order valence-electron chi connectivity index (χ2n) is 6.90. The summed E-state index contributed by atoms with van der Waals surface area (Å²) >= 11 is 0. The van der Waals surface area contributed by atoms with Crippen molar-refractivity contribution in [2.75, 3.05) is 0 Å². The van der Waals surface area contributed by atoms with Crippen LogP contribution in [0.3, 0.4) is 0 Å². The van der Waals surface area contributed by atoms with Crippen LogP contribution in [-0.4, -0.2) is 15.0 Å². The molecule has 0 aliphatic carbocycles. The van der Waals surface area contributed by atoms with Gasteiger partial charge in [0.2, 0.25) is 5.56 Å². The minimum atomic E-state index is -0.407. The Morgan fingerprint density at radius 3 is 2.70 bits per heavy atom. The lowest BCUT2D eigenvalue weighted by Crippen LogP contribution is -2.04. The molecule has 0 atom stereocenters. The zero-order valence-corrected chi connectivity index (χ0v) is 15.6. The van der Waals surface area contributed by atoms with E-state index in [1.807, 2.05) is 30.3 Å². The van der Waals surface area contributed by atoms with E-state index >= 15 is 0 Å². The van der Waals surface area contributed by atoms with E-state index in [0.717, 1.165) is 22.1 Å². The van der Waals surface area contributed by atoms with Crippen LogP contribution in [0, 0.1) is 17.1 Å². The molecule has 142 valence electrons. The zero-order valence-electron chi connectivity index (χ0n) is 15.6. The summed E-state index contributed by atoms with van der Waals surface area (Å²) in [5.41, 5.74) is 4.39. The number of aromatic nitrogens is 3. The largest absolute Gasteiger partial charge is 0.307 e. The number of pyridine rings is 3. The van der Waals surface area contributed by atoms with Gasteiger partial charge in [0.05, 0.1) is 29.0 Å². The summed E-state index contributed by atoms with van der Waals surface area (Å²) in [4.78, 5) is 23.3. The average molecular weight is 392 g/mol. The summed E-state index contributed by atoms with van der Waals surface area (Å²) in [6.07, 6.45) is 1.19. The van der Waals surface area contributed by atoms with Crippen LogP contribution < -0.4 is 5.56 Å². The molecule has 0 aliphatic heterocycles. The van der Waals surface area contributed by atoms with Gasteiger partial charge in [-0.15, -0.1) is 0 Å². The first-order valence-electron chi connectivity index (χ1n) is 9.21. The van der Waals surface area contributed by atoms with Crippen molar-refractivity contribution in [3.8, 4) is 28.5 Å². The molecule has 0 saturated heterocycles. The van der Waals surface area contributed by atoms with Gasteiger partial charge in [-0.2, -0.15) is 5.26 Å². The van der Waals surface area contributed by atoms with E-state index in [9.17, 15) is 14.4 Å². The summed E-state index contributed by atoms with van der Waals surface area (Å²) in [5.74, 6) is -0.407. The third kappa shape index (κ3) is 3.09. The van der Waals surface area contributed by atoms with E-state index in [4.69, 9.17) is 4.98 Å². The van der Waals surface area contributed by atoms with Gasteiger partial charge in [-0.3, -0.25) is 9.78 Å². The predicted octanol–water partition coefficient (Wildman–Crippen LogP) is 4.82. The molecule has 1 N–H and O–H groups in total. The highest BCUT2D eigenvalue weighted by atomic mass is 19.1. The summed E-state index contributed by atoms with van der Waals surface area (Å²) in [7, 11) is 0. The molecule has 0 unspecified atom stereocenters. The number of hydrogen-bond acceptors (Lipinski definition) is 4. The molecule has 5 aromatic rings. The maximum absolute atomic E-state index is 13.7. The molecule has 30 heavy (non-hydrogen) atoms. The van der Waals surface area contributed by atoms with Gasteiger partial charge in [-0.1, -0.05) is 18.2 Å². The first-order chi connectivity index (χ1) is 14.6. The molecule has 5 rings (SSSR count). The minimum absolute atomic E-state index is 0.244. The summed E-state index contributed by atoms with van der Waals surface area (Å²) in [5, 5.41) is 10.7. The topological polar surface area (TPSA) is 82.4 Å². The van der Waals surface area contributed by atoms with Crippen molar-refractivity contribution >= 4 is 21.9 Å². The number of hydrogen-bond donors (Lipinski definition) is 1. The van der Waals surface area contributed by atoms with Crippen molar-refractivity contribution < 1.29 is 4.39 Å². The molecule has 0 spiro atoms. The molecule has 3 heterocycles. The van der Waals surface area contributed by atoms with Gasteiger partial charge in [0.1, 0.15) is 11.5 Å². The third-order valence-corrected chi connectivity index (χ3v) is 4.93. The van der Waals surface area contributed by atoms with Gasteiger partial charge in [-0.25, -0.2) is 9.37 Å². The lowest BCUT2D eigenvalue weighted by Gasteiger charge is -2.12. The van der Waals surface area contributed by atoms with Crippen LogP contribution in [-0.2, 0) is 0 Å². The highest BCUT2D eigenvalue weighted by Gasteiger charge is 2.13. The number of nitriles is 1. The molecule has 5 nitrogen and oxygen atoms in total. The van der Waals surface area contributed by atoms with Gasteiger partial charge >= 0.3 is 0 Å². The third-order valence-electron chi connectivity index (χ3n) is 4.93. The number of halogens is 1. The Hall–Kier alpha value is -4.37. The molecule has 2 aromatic carbocycles. The van der Waals surface area contributed by atoms with Crippen molar-refractivity contribution in [3.63, 3.8) is 0 Å². The predicted molar refractivity (Wildman–Crippen MR) is 113 cm³/mol. The average Bonchev–Trinajstić information content (AvgIpc) is 2.77. The molecular weight excluding hydrogens is 379 g/mol. The molecule has 0 bridgehead atoms. The van der Waals surface area contributed by atoms with Crippen molar-refractivity contribution in [2.24, 2.45) is 0 Å². The van der Waals surface area contributed by atoms with Gasteiger partial charge in [0.25, 0.3) is 0 Å². The van der Waals surface area contributed by atoms with E-state index in [1.54, 1.807) is 24.3 Å². The highest BCUT2D eigenvalue weighted by Crippen LogP contribution is 2.34. The number of H-pyrrole nitrogens is 1. The first-order valence-corrected chi connectivity index (χ1v) is 9.21. The summed E-state index contributed by atoms with van der Waals surface area (Å²) in [6.45, 7) is 0. The van der Waals surface area contributed by atoms with Crippen molar-refractivity contribution in [1.82, 2.24) is 15.0 Å². The Morgan fingerprint density at radius 1 is 0.933 bits per heavy atom. The van der Waals surface area contributed by atoms with E-state index in [2.05, 4.69) is 16.0 Å². The van der Waals surface area contributed by atoms with Crippen LogP contribution >= 0.6 is 0 Å². The lowest BCUT2D eigenvalue weighted by molar-refractivity contribution is 0.624. The smallest absolute Gasteiger partial charge is 0.249 e. The molecule has 0 fully saturated rings. The van der Waals surface area contributed by atoms with Crippen molar-refractivity contribution in [2.45, 2.75) is 0 Å². The number of rotatable bonds is 2. The molecule has 0 radical (unpaired) electrons. The number of aromatic amines is 1. The van der Waals surface area contributed by atoms with E-state index < -0.39 is 5.82 Å². The Bertz CT molecular complexity index is 1550. The first kappa shape index (κ1) is 17.7. The second kappa shape index (κ2) is 6.90. The molecule has 3 aromatic heterocycles. The monoisotopic (exact) mass is 392 g/mol. The van der Waals surface area contributed by atoms with Gasteiger partial charge in [0.15, 0.2) is 0 Å². The van der Waals surface area contributed by atoms with Crippen LogP contribution in [0.15, 0.2) is 77.7 Å². The molecule has 0 saturated carbocycles. The van der Waals surface area contributed by atoms with Gasteiger partial charge in [0, 0.05) is 28.0 Å². The fraction of sp³-hybridized carbons (Fsp3) is 0. The number of benzene rings is 2. The Labute approximate surface area is 170 Å². The maximum atomic E-state index is 13.7. The number of nitrogens with one attached hydrogen (secondary N) is 1. The van der Waals surface area contributed by atoms with Crippen LogP contribution in [0.4, 0.5) is 4.39 Å². The SMILES string of the molecule is N#Cc1cccc(-c2nc3[nH]c(=O)ccc3cc2-c2ccc3ncc(F)cc3c2)c1. The second-order valence-corrected chi connectivity index (χ2v) is 6.90. The maximum Gasteiger partial charge on any atom is 0.249 e.